The summed E-state index contributed by atoms with van der Waals surface area (Å²) >= 11 is 0. The van der Waals surface area contributed by atoms with Crippen LogP contribution in [0.5, 0.6) is 0 Å². The monoisotopic (exact) mass is 328 g/mol. The number of aryl methyl sites for hydroxylation is 2. The summed E-state index contributed by atoms with van der Waals surface area (Å²) in [6.45, 7) is 5.84. The Morgan fingerprint density at radius 1 is 1.08 bits per heavy atom. The zero-order valence-corrected chi connectivity index (χ0v) is 14.8. The van der Waals surface area contributed by atoms with Crippen molar-refractivity contribution in [3.05, 3.63) is 34.9 Å². The molecule has 1 aromatic rings. The third kappa shape index (κ3) is 3.80. The van der Waals surface area contributed by atoms with Gasteiger partial charge in [-0.15, -0.1) is 0 Å². The molecule has 2 amide bonds. The minimum absolute atomic E-state index is 0.0520. The zero-order valence-electron chi connectivity index (χ0n) is 14.8. The number of nitrogens with zero attached hydrogens (tertiary/aromatic N) is 1. The number of nitrogens with one attached hydrogen (secondary N) is 1. The Labute approximate surface area is 144 Å². The van der Waals surface area contributed by atoms with Gasteiger partial charge < -0.3 is 10.2 Å². The molecule has 4 heteroatoms. The summed E-state index contributed by atoms with van der Waals surface area (Å²) in [5.41, 5.74) is 2.88. The smallest absolute Gasteiger partial charge is 0.251 e. The summed E-state index contributed by atoms with van der Waals surface area (Å²) in [4.78, 5) is 26.6. The Morgan fingerprint density at radius 2 is 1.83 bits per heavy atom. The largest absolute Gasteiger partial charge is 0.343 e. The predicted molar refractivity (Wildman–Crippen MR) is 94.9 cm³/mol. The highest BCUT2D eigenvalue weighted by atomic mass is 16.2. The molecule has 1 saturated carbocycles. The number of benzene rings is 1. The van der Waals surface area contributed by atoms with Gasteiger partial charge in [0.25, 0.3) is 5.91 Å². The number of rotatable bonds is 3. The van der Waals surface area contributed by atoms with Gasteiger partial charge in [0.1, 0.15) is 0 Å². The highest BCUT2D eigenvalue weighted by molar-refractivity contribution is 5.96. The van der Waals surface area contributed by atoms with Crippen LogP contribution < -0.4 is 5.32 Å². The molecular formula is C20H28N2O2. The Morgan fingerprint density at radius 3 is 2.58 bits per heavy atom. The standard InChI is InChI=1S/C20H28N2O2/c1-14-7-8-17(11-15(14)2)20(24)21-12-19(23)22-10-9-16-5-3-4-6-18(16)13-22/h7-8,11,16,18H,3-6,9-10,12-13H2,1-2H3,(H,21,24)/t16-,18+/m1/s1. The van der Waals surface area contributed by atoms with E-state index in [2.05, 4.69) is 5.32 Å². The van der Waals surface area contributed by atoms with E-state index in [-0.39, 0.29) is 18.4 Å². The topological polar surface area (TPSA) is 49.4 Å². The molecule has 2 atom stereocenters. The van der Waals surface area contributed by atoms with Gasteiger partial charge in [0.15, 0.2) is 0 Å². The fourth-order valence-corrected chi connectivity index (χ4v) is 4.08. The van der Waals surface area contributed by atoms with Crippen molar-refractivity contribution in [1.29, 1.82) is 0 Å². The van der Waals surface area contributed by atoms with Gasteiger partial charge in [0.2, 0.25) is 5.91 Å². The molecule has 1 aliphatic carbocycles. The van der Waals surface area contributed by atoms with Crippen molar-refractivity contribution in [1.82, 2.24) is 10.2 Å². The van der Waals surface area contributed by atoms with E-state index in [0.717, 1.165) is 36.6 Å². The van der Waals surface area contributed by atoms with Crippen LogP contribution in [0.25, 0.3) is 0 Å². The van der Waals surface area contributed by atoms with Crippen molar-refractivity contribution in [2.75, 3.05) is 19.6 Å². The van der Waals surface area contributed by atoms with E-state index in [1.165, 1.54) is 25.7 Å². The Bertz CT molecular complexity index is 626. The van der Waals surface area contributed by atoms with Crippen LogP contribution in [0.1, 0.15) is 53.6 Å². The average molecular weight is 328 g/mol. The molecule has 1 aromatic carbocycles. The number of hydrogen-bond acceptors (Lipinski definition) is 2. The van der Waals surface area contributed by atoms with E-state index in [1.807, 2.05) is 36.9 Å². The lowest BCUT2D eigenvalue weighted by Crippen LogP contribution is -2.48. The van der Waals surface area contributed by atoms with Gasteiger partial charge in [0, 0.05) is 18.7 Å². The zero-order chi connectivity index (χ0) is 17.1. The van der Waals surface area contributed by atoms with Gasteiger partial charge in [-0.2, -0.15) is 0 Å². The fraction of sp³-hybridized carbons (Fsp3) is 0.600. The maximum absolute atomic E-state index is 12.4. The number of hydrogen-bond donors (Lipinski definition) is 1. The molecule has 1 N–H and O–H groups in total. The number of carbonyl (C=O) groups excluding carboxylic acids is 2. The maximum atomic E-state index is 12.4. The first-order valence-electron chi connectivity index (χ1n) is 9.18. The molecule has 0 aromatic heterocycles. The van der Waals surface area contributed by atoms with Crippen LogP contribution in [0.15, 0.2) is 18.2 Å². The molecule has 0 bridgehead atoms. The molecule has 2 fully saturated rings. The lowest BCUT2D eigenvalue weighted by atomic mass is 9.75. The number of piperidine rings is 1. The summed E-state index contributed by atoms with van der Waals surface area (Å²) in [7, 11) is 0. The summed E-state index contributed by atoms with van der Waals surface area (Å²) in [6.07, 6.45) is 6.36. The lowest BCUT2D eigenvalue weighted by Gasteiger charge is -2.41. The van der Waals surface area contributed by atoms with Crippen LogP contribution in [-0.2, 0) is 4.79 Å². The molecule has 3 rings (SSSR count). The Balaban J connectivity index is 1.51. The maximum Gasteiger partial charge on any atom is 0.251 e. The van der Waals surface area contributed by atoms with Gasteiger partial charge in [-0.25, -0.2) is 0 Å². The van der Waals surface area contributed by atoms with Crippen molar-refractivity contribution in [2.24, 2.45) is 11.8 Å². The van der Waals surface area contributed by atoms with Crippen molar-refractivity contribution in [3.8, 4) is 0 Å². The minimum atomic E-state index is -0.168. The second kappa shape index (κ2) is 7.37. The van der Waals surface area contributed by atoms with E-state index in [9.17, 15) is 9.59 Å². The molecule has 130 valence electrons. The molecule has 1 aliphatic heterocycles. The third-order valence-corrected chi connectivity index (χ3v) is 5.81. The lowest BCUT2D eigenvalue weighted by molar-refractivity contribution is -0.133. The molecule has 0 unspecified atom stereocenters. The summed E-state index contributed by atoms with van der Waals surface area (Å²) < 4.78 is 0. The second-order valence-corrected chi connectivity index (χ2v) is 7.41. The summed E-state index contributed by atoms with van der Waals surface area (Å²) in [5.74, 6) is 1.37. The number of likely N-dealkylation sites (tertiary alicyclic amines) is 1. The van der Waals surface area contributed by atoms with Gasteiger partial charge in [0.05, 0.1) is 6.54 Å². The van der Waals surface area contributed by atoms with Crippen LogP contribution in [0.4, 0.5) is 0 Å². The van der Waals surface area contributed by atoms with E-state index in [0.29, 0.717) is 11.5 Å². The van der Waals surface area contributed by atoms with Crippen LogP contribution in [0.3, 0.4) is 0 Å². The van der Waals surface area contributed by atoms with E-state index < -0.39 is 0 Å². The molecule has 0 radical (unpaired) electrons. The van der Waals surface area contributed by atoms with E-state index in [4.69, 9.17) is 0 Å². The summed E-state index contributed by atoms with van der Waals surface area (Å²) in [5, 5.41) is 2.78. The molecule has 1 saturated heterocycles. The number of amides is 2. The third-order valence-electron chi connectivity index (χ3n) is 5.81. The Hall–Kier alpha value is -1.84. The highest BCUT2D eigenvalue weighted by Gasteiger charge is 2.32. The highest BCUT2D eigenvalue weighted by Crippen LogP contribution is 2.35. The molecule has 1 heterocycles. The Kier molecular flexibility index (Phi) is 5.22. The molecule has 0 spiro atoms. The SMILES string of the molecule is Cc1ccc(C(=O)NCC(=O)N2CC[C@H]3CCCC[C@H]3C2)cc1C. The first-order valence-corrected chi connectivity index (χ1v) is 9.18. The molecular weight excluding hydrogens is 300 g/mol. The van der Waals surface area contributed by atoms with E-state index >= 15 is 0 Å². The quantitative estimate of drug-likeness (QED) is 0.927. The van der Waals surface area contributed by atoms with Gasteiger partial charge in [-0.05, 0) is 61.8 Å². The van der Waals surface area contributed by atoms with Crippen molar-refractivity contribution < 1.29 is 9.59 Å². The minimum Gasteiger partial charge on any atom is -0.343 e. The first kappa shape index (κ1) is 17.0. The number of fused-ring (bicyclic) bond motifs is 1. The average Bonchev–Trinajstić information content (AvgIpc) is 2.61. The van der Waals surface area contributed by atoms with Gasteiger partial charge in [-0.3, -0.25) is 9.59 Å². The second-order valence-electron chi connectivity index (χ2n) is 7.41. The van der Waals surface area contributed by atoms with Crippen LogP contribution in [-0.4, -0.2) is 36.3 Å². The summed E-state index contributed by atoms with van der Waals surface area (Å²) in [6, 6.07) is 5.64. The van der Waals surface area contributed by atoms with Crippen LogP contribution in [0.2, 0.25) is 0 Å². The van der Waals surface area contributed by atoms with Gasteiger partial charge in [-0.1, -0.05) is 25.3 Å². The van der Waals surface area contributed by atoms with Crippen molar-refractivity contribution >= 4 is 11.8 Å². The number of carbonyl (C=O) groups is 2. The van der Waals surface area contributed by atoms with Crippen LogP contribution >= 0.6 is 0 Å². The molecule has 2 aliphatic rings. The molecule has 4 nitrogen and oxygen atoms in total. The van der Waals surface area contributed by atoms with Crippen LogP contribution in [0, 0.1) is 25.7 Å². The molecule has 24 heavy (non-hydrogen) atoms. The van der Waals surface area contributed by atoms with Crippen molar-refractivity contribution in [3.63, 3.8) is 0 Å². The van der Waals surface area contributed by atoms with Crippen molar-refractivity contribution in [2.45, 2.75) is 46.0 Å². The van der Waals surface area contributed by atoms with Gasteiger partial charge >= 0.3 is 0 Å². The fourth-order valence-electron chi connectivity index (χ4n) is 4.08. The first-order chi connectivity index (χ1) is 11.5. The normalized spacial score (nSPS) is 23.5. The van der Waals surface area contributed by atoms with E-state index in [1.54, 1.807) is 0 Å². The predicted octanol–water partition coefficient (Wildman–Crippen LogP) is 3.07.